The summed E-state index contributed by atoms with van der Waals surface area (Å²) in [6.07, 6.45) is 6.25. The van der Waals surface area contributed by atoms with Gasteiger partial charge in [0.05, 0.1) is 37.6 Å². The first-order chi connectivity index (χ1) is 17.0. The third-order valence-electron chi connectivity index (χ3n) is 6.14. The van der Waals surface area contributed by atoms with Crippen molar-refractivity contribution in [3.63, 3.8) is 0 Å². The predicted molar refractivity (Wildman–Crippen MR) is 128 cm³/mol. The second-order valence-electron chi connectivity index (χ2n) is 8.83. The largest absolute Gasteiger partial charge is 0.379 e. The lowest BCUT2D eigenvalue weighted by Crippen LogP contribution is -2.54. The number of nitrogens with zero attached hydrogens (tertiary/aromatic N) is 1. The molecule has 1 aromatic carbocycles. The molecule has 1 aromatic rings. The molecule has 3 rings (SSSR count). The number of nitrogens with one attached hydrogen (secondary N) is 1. The van der Waals surface area contributed by atoms with Crippen LogP contribution >= 0.6 is 0 Å². The number of imide groups is 2. The van der Waals surface area contributed by atoms with E-state index in [1.54, 1.807) is 12.1 Å². The lowest BCUT2D eigenvalue weighted by atomic mass is 10.0. The molecular weight excluding hydrogens is 452 g/mol. The molecule has 2 heterocycles. The van der Waals surface area contributed by atoms with Gasteiger partial charge in [0.15, 0.2) is 0 Å². The van der Waals surface area contributed by atoms with Gasteiger partial charge in [-0.1, -0.05) is 25.8 Å². The number of carbonyl (C=O) groups is 4. The van der Waals surface area contributed by atoms with Crippen LogP contribution < -0.4 is 5.32 Å². The second kappa shape index (κ2) is 14.1. The summed E-state index contributed by atoms with van der Waals surface area (Å²) < 4.78 is 16.6. The van der Waals surface area contributed by atoms with E-state index in [-0.39, 0.29) is 18.7 Å². The van der Waals surface area contributed by atoms with Crippen LogP contribution in [0, 0.1) is 0 Å². The minimum absolute atomic E-state index is 0.108. The number of hydrogen-bond acceptors (Lipinski definition) is 7. The topological polar surface area (TPSA) is 111 Å². The Hall–Kier alpha value is -2.62. The van der Waals surface area contributed by atoms with Gasteiger partial charge in [-0.25, -0.2) is 0 Å². The van der Waals surface area contributed by atoms with E-state index in [2.05, 4.69) is 12.2 Å². The van der Waals surface area contributed by atoms with Crippen LogP contribution in [0.25, 0.3) is 0 Å². The van der Waals surface area contributed by atoms with E-state index in [0.29, 0.717) is 44.2 Å². The number of ether oxygens (including phenoxy) is 3. The van der Waals surface area contributed by atoms with Crippen LogP contribution in [0.2, 0.25) is 0 Å². The molecule has 1 atom stereocenters. The monoisotopic (exact) mass is 488 g/mol. The van der Waals surface area contributed by atoms with E-state index >= 15 is 0 Å². The summed E-state index contributed by atoms with van der Waals surface area (Å²) in [4.78, 5) is 50.2. The fourth-order valence-corrected chi connectivity index (χ4v) is 4.20. The summed E-state index contributed by atoms with van der Waals surface area (Å²) in [5.41, 5.74) is 1.58. The van der Waals surface area contributed by atoms with E-state index < -0.39 is 23.8 Å². The number of carbonyl (C=O) groups excluding carboxylic acids is 4. The average Bonchev–Trinajstić information content (AvgIpc) is 3.09. The highest BCUT2D eigenvalue weighted by Gasteiger charge is 2.44. The van der Waals surface area contributed by atoms with Gasteiger partial charge in [0.25, 0.3) is 11.8 Å². The number of fused-ring (bicyclic) bond motifs is 1. The van der Waals surface area contributed by atoms with Crippen molar-refractivity contribution >= 4 is 23.6 Å². The first kappa shape index (κ1) is 27.0. The Balaban J connectivity index is 1.31. The van der Waals surface area contributed by atoms with Crippen LogP contribution in [-0.4, -0.2) is 74.2 Å². The van der Waals surface area contributed by atoms with Gasteiger partial charge in [-0.3, -0.25) is 29.4 Å². The van der Waals surface area contributed by atoms with Crippen LogP contribution in [-0.2, 0) is 30.2 Å². The van der Waals surface area contributed by atoms with Gasteiger partial charge < -0.3 is 14.2 Å². The van der Waals surface area contributed by atoms with Crippen LogP contribution in [0.5, 0.6) is 0 Å². The molecule has 0 aromatic heterocycles. The molecule has 9 heteroatoms. The van der Waals surface area contributed by atoms with Crippen LogP contribution in [0.4, 0.5) is 0 Å². The maximum Gasteiger partial charge on any atom is 0.262 e. The standard InChI is InChI=1S/C26H36N2O7/c1-2-3-5-12-33-14-16-35-17-15-34-13-6-4-7-19-8-9-20-21(18-19)26(32)28(25(20)31)22-10-11-23(29)27-24(22)30/h8-9,18,22H,2-7,10-17H2,1H3,(H,27,29,30). The third-order valence-corrected chi connectivity index (χ3v) is 6.14. The summed E-state index contributed by atoms with van der Waals surface area (Å²) in [5.74, 6) is -1.94. The van der Waals surface area contributed by atoms with E-state index in [9.17, 15) is 19.2 Å². The van der Waals surface area contributed by atoms with Crippen molar-refractivity contribution in [1.82, 2.24) is 10.2 Å². The maximum absolute atomic E-state index is 12.9. The minimum atomic E-state index is -0.942. The number of amides is 4. The van der Waals surface area contributed by atoms with Gasteiger partial charge in [0.1, 0.15) is 6.04 Å². The molecule has 1 unspecified atom stereocenters. The number of rotatable bonds is 16. The lowest BCUT2D eigenvalue weighted by Gasteiger charge is -2.27. The molecule has 1 N–H and O–H groups in total. The molecule has 0 aliphatic carbocycles. The van der Waals surface area contributed by atoms with Crippen molar-refractivity contribution < 1.29 is 33.4 Å². The van der Waals surface area contributed by atoms with Gasteiger partial charge in [0, 0.05) is 19.6 Å². The van der Waals surface area contributed by atoms with Crippen molar-refractivity contribution in [3.8, 4) is 0 Å². The molecule has 0 radical (unpaired) electrons. The molecule has 2 aliphatic rings. The Bertz CT molecular complexity index is 902. The van der Waals surface area contributed by atoms with Gasteiger partial charge in [-0.05, 0) is 49.8 Å². The highest BCUT2D eigenvalue weighted by atomic mass is 16.5. The minimum Gasteiger partial charge on any atom is -0.379 e. The summed E-state index contributed by atoms with van der Waals surface area (Å²) in [7, 11) is 0. The number of piperidine rings is 1. The van der Waals surface area contributed by atoms with Gasteiger partial charge in [-0.2, -0.15) is 0 Å². The smallest absolute Gasteiger partial charge is 0.262 e. The van der Waals surface area contributed by atoms with Crippen molar-refractivity contribution in [1.29, 1.82) is 0 Å². The predicted octanol–water partition coefficient (Wildman–Crippen LogP) is 2.65. The molecule has 0 bridgehead atoms. The van der Waals surface area contributed by atoms with Crippen LogP contribution in [0.1, 0.15) is 78.1 Å². The number of benzene rings is 1. The third kappa shape index (κ3) is 7.68. The molecular formula is C26H36N2O7. The van der Waals surface area contributed by atoms with E-state index in [0.717, 1.165) is 42.8 Å². The van der Waals surface area contributed by atoms with Crippen molar-refractivity contribution in [3.05, 3.63) is 34.9 Å². The molecule has 35 heavy (non-hydrogen) atoms. The first-order valence-corrected chi connectivity index (χ1v) is 12.6. The number of unbranched alkanes of at least 4 members (excludes halogenated alkanes) is 3. The Morgan fingerprint density at radius 2 is 1.46 bits per heavy atom. The summed E-state index contributed by atoms with van der Waals surface area (Å²) in [5, 5.41) is 2.21. The molecule has 1 fully saturated rings. The Kier molecular flexibility index (Phi) is 10.8. The van der Waals surface area contributed by atoms with Crippen molar-refractivity contribution in [2.45, 2.75) is 64.3 Å². The zero-order valence-corrected chi connectivity index (χ0v) is 20.5. The number of aryl methyl sites for hydroxylation is 1. The summed E-state index contributed by atoms with van der Waals surface area (Å²) in [6, 6.07) is 4.29. The molecule has 1 saturated heterocycles. The lowest BCUT2D eigenvalue weighted by molar-refractivity contribution is -0.136. The van der Waals surface area contributed by atoms with Gasteiger partial charge in [0.2, 0.25) is 11.8 Å². The Morgan fingerprint density at radius 3 is 2.11 bits per heavy atom. The molecule has 9 nitrogen and oxygen atoms in total. The molecule has 0 spiro atoms. The zero-order chi connectivity index (χ0) is 25.0. The molecule has 2 aliphatic heterocycles. The van der Waals surface area contributed by atoms with Gasteiger partial charge in [-0.15, -0.1) is 0 Å². The van der Waals surface area contributed by atoms with Crippen LogP contribution in [0.15, 0.2) is 18.2 Å². The quantitative estimate of drug-likeness (QED) is 0.281. The number of hydrogen-bond donors (Lipinski definition) is 1. The highest BCUT2D eigenvalue weighted by molar-refractivity contribution is 6.23. The SMILES string of the molecule is CCCCCOCCOCCOCCCCc1ccc2c(c1)C(=O)N(C1CCC(=O)NC1=O)C2=O. The van der Waals surface area contributed by atoms with E-state index in [1.807, 2.05) is 6.07 Å². The van der Waals surface area contributed by atoms with Gasteiger partial charge >= 0.3 is 0 Å². The molecule has 0 saturated carbocycles. The van der Waals surface area contributed by atoms with Crippen LogP contribution in [0.3, 0.4) is 0 Å². The highest BCUT2D eigenvalue weighted by Crippen LogP contribution is 2.28. The van der Waals surface area contributed by atoms with E-state index in [4.69, 9.17) is 14.2 Å². The Morgan fingerprint density at radius 1 is 0.829 bits per heavy atom. The second-order valence-corrected chi connectivity index (χ2v) is 8.83. The summed E-state index contributed by atoms with van der Waals surface area (Å²) >= 11 is 0. The normalized spacial score (nSPS) is 17.7. The van der Waals surface area contributed by atoms with E-state index in [1.165, 1.54) is 12.8 Å². The van der Waals surface area contributed by atoms with Crippen molar-refractivity contribution in [2.75, 3.05) is 39.6 Å². The molecule has 192 valence electrons. The first-order valence-electron chi connectivity index (χ1n) is 12.6. The van der Waals surface area contributed by atoms with Crippen molar-refractivity contribution in [2.24, 2.45) is 0 Å². The zero-order valence-electron chi connectivity index (χ0n) is 20.5. The summed E-state index contributed by atoms with van der Waals surface area (Å²) in [6.45, 7) is 5.87. The molecule has 4 amide bonds. The fraction of sp³-hybridized carbons (Fsp3) is 0.615. The fourth-order valence-electron chi connectivity index (χ4n) is 4.20. The average molecular weight is 489 g/mol. The Labute approximate surface area is 206 Å². The maximum atomic E-state index is 12.9.